The van der Waals surface area contributed by atoms with E-state index in [1.807, 2.05) is 0 Å². The Kier molecular flexibility index (Phi) is 6.28. The molecule has 0 unspecified atom stereocenters. The number of aromatic hydroxyl groups is 1. The third kappa shape index (κ3) is 5.37. The van der Waals surface area contributed by atoms with Crippen LogP contribution in [-0.4, -0.2) is 34.3 Å². The summed E-state index contributed by atoms with van der Waals surface area (Å²) in [4.78, 5) is 23.5. The van der Waals surface area contributed by atoms with E-state index in [4.69, 9.17) is 14.6 Å². The van der Waals surface area contributed by atoms with Crippen molar-refractivity contribution < 1.29 is 29.3 Å². The zero-order chi connectivity index (χ0) is 20.1. The first-order chi connectivity index (χ1) is 12.7. The number of nitrogens with one attached hydrogen (secondary N) is 1. The van der Waals surface area contributed by atoms with Crippen molar-refractivity contribution in [3.05, 3.63) is 47.5 Å². The summed E-state index contributed by atoms with van der Waals surface area (Å²) in [6.45, 7) is 7.22. The van der Waals surface area contributed by atoms with E-state index < -0.39 is 11.9 Å². The maximum atomic E-state index is 12.6. The average molecular weight is 373 g/mol. The monoisotopic (exact) mass is 373 g/mol. The second-order valence-corrected chi connectivity index (χ2v) is 6.49. The van der Waals surface area contributed by atoms with Crippen LogP contribution in [0.4, 0.5) is 5.69 Å². The quantitative estimate of drug-likeness (QED) is 0.679. The molecule has 0 atom stereocenters. The van der Waals surface area contributed by atoms with Gasteiger partial charge in [-0.25, -0.2) is 4.79 Å². The first-order valence-corrected chi connectivity index (χ1v) is 8.52. The highest BCUT2D eigenvalue weighted by Crippen LogP contribution is 2.38. The third-order valence-corrected chi connectivity index (χ3v) is 3.42. The van der Waals surface area contributed by atoms with Crippen molar-refractivity contribution in [3.63, 3.8) is 0 Å². The predicted molar refractivity (Wildman–Crippen MR) is 101 cm³/mol. The maximum absolute atomic E-state index is 12.6. The largest absolute Gasteiger partial charge is 0.502 e. The molecule has 144 valence electrons. The van der Waals surface area contributed by atoms with Crippen molar-refractivity contribution in [2.24, 2.45) is 0 Å². The number of benzene rings is 2. The van der Waals surface area contributed by atoms with E-state index in [9.17, 15) is 14.7 Å². The SMILES string of the molecule is CC(C)Oc1cc(C(=O)Nc2ccc(C(=O)O)cc2)cc(OC(C)C)c1O. The van der Waals surface area contributed by atoms with Gasteiger partial charge in [-0.1, -0.05) is 0 Å². The highest BCUT2D eigenvalue weighted by molar-refractivity contribution is 6.05. The van der Waals surface area contributed by atoms with Gasteiger partial charge < -0.3 is 25.0 Å². The highest BCUT2D eigenvalue weighted by Gasteiger charge is 2.18. The lowest BCUT2D eigenvalue weighted by Gasteiger charge is -2.18. The minimum Gasteiger partial charge on any atom is -0.502 e. The van der Waals surface area contributed by atoms with E-state index in [-0.39, 0.29) is 40.6 Å². The van der Waals surface area contributed by atoms with Gasteiger partial charge in [0, 0.05) is 11.3 Å². The van der Waals surface area contributed by atoms with Crippen LogP contribution in [0.2, 0.25) is 0 Å². The first-order valence-electron chi connectivity index (χ1n) is 8.52. The summed E-state index contributed by atoms with van der Waals surface area (Å²) >= 11 is 0. The number of phenols is 1. The lowest BCUT2D eigenvalue weighted by Crippen LogP contribution is -2.14. The second-order valence-electron chi connectivity index (χ2n) is 6.49. The second kappa shape index (κ2) is 8.44. The molecule has 0 spiro atoms. The molecule has 27 heavy (non-hydrogen) atoms. The van der Waals surface area contributed by atoms with Crippen molar-refractivity contribution in [2.45, 2.75) is 39.9 Å². The molecule has 7 nitrogen and oxygen atoms in total. The molecule has 0 aliphatic carbocycles. The van der Waals surface area contributed by atoms with Gasteiger partial charge in [-0.15, -0.1) is 0 Å². The van der Waals surface area contributed by atoms with Gasteiger partial charge in [-0.2, -0.15) is 0 Å². The van der Waals surface area contributed by atoms with E-state index in [1.54, 1.807) is 27.7 Å². The molecule has 0 radical (unpaired) electrons. The number of aromatic carboxylic acids is 1. The Labute approximate surface area is 157 Å². The average Bonchev–Trinajstić information content (AvgIpc) is 2.57. The number of hydrogen-bond acceptors (Lipinski definition) is 5. The minimum absolute atomic E-state index is 0.123. The number of phenolic OH excluding ortho intramolecular Hbond substituents is 1. The number of anilines is 1. The molecular weight excluding hydrogens is 350 g/mol. The molecule has 2 rings (SSSR count). The van der Waals surface area contributed by atoms with E-state index in [1.165, 1.54) is 36.4 Å². The molecule has 0 aromatic heterocycles. The standard InChI is InChI=1S/C20H23NO6/c1-11(2)26-16-9-14(10-17(18(16)22)27-12(3)4)19(23)21-15-7-5-13(6-8-15)20(24)25/h5-12,22H,1-4H3,(H,21,23)(H,24,25). The van der Waals surface area contributed by atoms with Gasteiger partial charge in [-0.3, -0.25) is 4.79 Å². The topological polar surface area (TPSA) is 105 Å². The molecule has 2 aromatic rings. The summed E-state index contributed by atoms with van der Waals surface area (Å²) in [5, 5.41) is 21.9. The minimum atomic E-state index is -1.04. The van der Waals surface area contributed by atoms with Gasteiger partial charge in [0.2, 0.25) is 5.75 Å². The lowest BCUT2D eigenvalue weighted by atomic mass is 10.1. The Morgan fingerprint density at radius 2 is 1.37 bits per heavy atom. The summed E-state index contributed by atoms with van der Waals surface area (Å²) in [5.41, 5.74) is 0.801. The van der Waals surface area contributed by atoms with Crippen molar-refractivity contribution in [3.8, 4) is 17.2 Å². The number of hydrogen-bond donors (Lipinski definition) is 3. The third-order valence-electron chi connectivity index (χ3n) is 3.42. The van der Waals surface area contributed by atoms with Gasteiger partial charge in [0.1, 0.15) is 0 Å². The van der Waals surface area contributed by atoms with Crippen LogP contribution in [0.1, 0.15) is 48.4 Å². The van der Waals surface area contributed by atoms with Crippen molar-refractivity contribution in [1.82, 2.24) is 0 Å². The van der Waals surface area contributed by atoms with Crippen LogP contribution < -0.4 is 14.8 Å². The van der Waals surface area contributed by atoms with Gasteiger partial charge in [0.05, 0.1) is 17.8 Å². The zero-order valence-corrected chi connectivity index (χ0v) is 15.6. The summed E-state index contributed by atoms with van der Waals surface area (Å²) in [6.07, 6.45) is -0.408. The maximum Gasteiger partial charge on any atom is 0.335 e. The van der Waals surface area contributed by atoms with Gasteiger partial charge in [0.15, 0.2) is 11.5 Å². The van der Waals surface area contributed by atoms with Gasteiger partial charge in [-0.05, 0) is 64.1 Å². The number of ether oxygens (including phenoxy) is 2. The van der Waals surface area contributed by atoms with Crippen LogP contribution in [0.15, 0.2) is 36.4 Å². The summed E-state index contributed by atoms with van der Waals surface area (Å²) in [7, 11) is 0. The number of carboxylic acid groups (broad SMARTS) is 1. The molecule has 0 heterocycles. The number of carboxylic acids is 1. The van der Waals surface area contributed by atoms with E-state index >= 15 is 0 Å². The molecule has 2 aromatic carbocycles. The number of carbonyl (C=O) groups is 2. The van der Waals surface area contributed by atoms with E-state index in [0.717, 1.165) is 0 Å². The Morgan fingerprint density at radius 3 is 1.78 bits per heavy atom. The Morgan fingerprint density at radius 1 is 0.889 bits per heavy atom. The fraction of sp³-hybridized carbons (Fsp3) is 0.300. The molecule has 0 saturated heterocycles. The Bertz CT molecular complexity index is 796. The zero-order valence-electron chi connectivity index (χ0n) is 15.6. The molecule has 0 aliphatic heterocycles. The van der Waals surface area contributed by atoms with E-state index in [0.29, 0.717) is 5.69 Å². The number of rotatable bonds is 7. The van der Waals surface area contributed by atoms with Gasteiger partial charge in [0.25, 0.3) is 5.91 Å². The molecule has 1 amide bonds. The number of amides is 1. The normalized spacial score (nSPS) is 10.7. The van der Waals surface area contributed by atoms with Crippen molar-refractivity contribution in [1.29, 1.82) is 0 Å². The molecule has 3 N–H and O–H groups in total. The van der Waals surface area contributed by atoms with Crippen LogP contribution >= 0.6 is 0 Å². The summed E-state index contributed by atoms with van der Waals surface area (Å²) in [5.74, 6) is -1.36. The van der Waals surface area contributed by atoms with Crippen molar-refractivity contribution >= 4 is 17.6 Å². The van der Waals surface area contributed by atoms with Gasteiger partial charge >= 0.3 is 5.97 Å². The highest BCUT2D eigenvalue weighted by atomic mass is 16.5. The molecule has 0 aliphatic rings. The van der Waals surface area contributed by atoms with Crippen LogP contribution in [-0.2, 0) is 0 Å². The van der Waals surface area contributed by atoms with Crippen molar-refractivity contribution in [2.75, 3.05) is 5.32 Å². The van der Waals surface area contributed by atoms with E-state index in [2.05, 4.69) is 5.32 Å². The summed E-state index contributed by atoms with van der Waals surface area (Å²) < 4.78 is 11.2. The summed E-state index contributed by atoms with van der Waals surface area (Å²) in [6, 6.07) is 8.66. The smallest absolute Gasteiger partial charge is 0.335 e. The lowest BCUT2D eigenvalue weighted by molar-refractivity contribution is 0.0696. The molecule has 0 saturated carbocycles. The molecule has 0 fully saturated rings. The molecular formula is C20H23NO6. The predicted octanol–water partition coefficient (Wildman–Crippen LogP) is 3.92. The van der Waals surface area contributed by atoms with Crippen LogP contribution in [0.25, 0.3) is 0 Å². The fourth-order valence-electron chi connectivity index (χ4n) is 2.30. The Balaban J connectivity index is 2.31. The molecule has 7 heteroatoms. The van der Waals surface area contributed by atoms with Crippen LogP contribution in [0.5, 0.6) is 17.2 Å². The van der Waals surface area contributed by atoms with Crippen LogP contribution in [0, 0.1) is 0 Å². The first kappa shape index (κ1) is 20.1. The number of carbonyl (C=O) groups excluding carboxylic acids is 1. The Hall–Kier alpha value is -3.22. The molecule has 0 bridgehead atoms. The van der Waals surface area contributed by atoms with Crippen LogP contribution in [0.3, 0.4) is 0 Å². The fourth-order valence-corrected chi connectivity index (χ4v) is 2.30.